The van der Waals surface area contributed by atoms with Crippen molar-refractivity contribution < 1.29 is 33.6 Å². The quantitative estimate of drug-likeness (QED) is 0.542. The second kappa shape index (κ2) is 7.05. The van der Waals surface area contributed by atoms with Gasteiger partial charge in [0.25, 0.3) is 0 Å². The normalized spacial score (nSPS) is 10.4. The summed E-state index contributed by atoms with van der Waals surface area (Å²) in [4.78, 5) is 30.8. The largest absolute Gasteiger partial charge is 1.00 e. The number of imidazole rings is 1. The number of anilines is 1. The van der Waals surface area contributed by atoms with Gasteiger partial charge in [-0.05, 0) is 32.0 Å². The average Bonchev–Trinajstić information content (AvgIpc) is 2.87. The van der Waals surface area contributed by atoms with Crippen LogP contribution in [0.15, 0.2) is 24.4 Å². The summed E-state index contributed by atoms with van der Waals surface area (Å²) in [7, 11) is 0. The molecular weight excluding hydrogens is 317 g/mol. The van der Waals surface area contributed by atoms with E-state index in [2.05, 4.69) is 20.4 Å². The van der Waals surface area contributed by atoms with E-state index in [1.165, 1.54) is 17.5 Å². The summed E-state index contributed by atoms with van der Waals surface area (Å²) in [6.07, 6.45) is 1.58. The van der Waals surface area contributed by atoms with Crippen LogP contribution in [0.4, 0.5) is 5.82 Å². The van der Waals surface area contributed by atoms with Crippen molar-refractivity contribution in [2.75, 3.05) is 5.32 Å². The van der Waals surface area contributed by atoms with Gasteiger partial charge in [-0.25, -0.2) is 9.50 Å². The molecule has 0 aliphatic carbocycles. The minimum Gasteiger partial charge on any atom is -0.545 e. The maximum Gasteiger partial charge on any atom is 1.00 e. The predicted octanol–water partition coefficient (Wildman–Crippen LogP) is -2.27. The van der Waals surface area contributed by atoms with E-state index in [9.17, 15) is 14.7 Å². The van der Waals surface area contributed by atoms with E-state index >= 15 is 0 Å². The van der Waals surface area contributed by atoms with Crippen LogP contribution in [0.5, 0.6) is 0 Å². The molecule has 8 nitrogen and oxygen atoms in total. The van der Waals surface area contributed by atoms with Crippen LogP contribution >= 0.6 is 0 Å². The molecule has 3 heterocycles. The molecule has 9 heteroatoms. The number of nitrogens with zero attached hydrogens (tertiary/aromatic N) is 4. The van der Waals surface area contributed by atoms with Crippen molar-refractivity contribution >= 4 is 23.3 Å². The van der Waals surface area contributed by atoms with Crippen molar-refractivity contribution in [3.63, 3.8) is 0 Å². The molecule has 122 valence electrons. The fraction of sp³-hybridized carbons (Fsp3) is 0.188. The van der Waals surface area contributed by atoms with Gasteiger partial charge in [0.05, 0.1) is 17.9 Å². The van der Waals surface area contributed by atoms with Crippen LogP contribution in [0.1, 0.15) is 28.7 Å². The summed E-state index contributed by atoms with van der Waals surface area (Å²) in [6, 6.07) is 4.96. The Morgan fingerprint density at radius 1 is 1.16 bits per heavy atom. The average molecular weight is 331 g/mol. The number of pyridine rings is 1. The monoisotopic (exact) mass is 331 g/mol. The van der Waals surface area contributed by atoms with E-state index in [-0.39, 0.29) is 30.3 Å². The number of carboxylic acid groups (broad SMARTS) is 1. The number of aryl methyl sites for hydroxylation is 2. The second-order valence-electron chi connectivity index (χ2n) is 5.37. The maximum atomic E-state index is 11.2. The summed E-state index contributed by atoms with van der Waals surface area (Å²) >= 11 is 0. The van der Waals surface area contributed by atoms with Gasteiger partial charge < -0.3 is 15.2 Å². The first-order valence-corrected chi connectivity index (χ1v) is 7.19. The van der Waals surface area contributed by atoms with Crippen LogP contribution < -0.4 is 29.3 Å². The van der Waals surface area contributed by atoms with Crippen LogP contribution in [0.25, 0.3) is 16.9 Å². The number of aromatic carboxylic acids is 1. The molecule has 0 bridgehead atoms. The molecule has 0 aromatic carbocycles. The van der Waals surface area contributed by atoms with Gasteiger partial charge in [-0.3, -0.25) is 9.78 Å². The van der Waals surface area contributed by atoms with Crippen molar-refractivity contribution in [3.8, 4) is 11.3 Å². The Morgan fingerprint density at radius 3 is 2.52 bits per heavy atom. The van der Waals surface area contributed by atoms with E-state index in [1.54, 1.807) is 32.2 Å². The van der Waals surface area contributed by atoms with Gasteiger partial charge in [0.2, 0.25) is 5.91 Å². The molecular formula is C16H14LiN5O3. The Labute approximate surface area is 155 Å². The van der Waals surface area contributed by atoms with Gasteiger partial charge in [0.15, 0.2) is 11.5 Å². The van der Waals surface area contributed by atoms with E-state index < -0.39 is 5.97 Å². The van der Waals surface area contributed by atoms with Gasteiger partial charge in [0, 0.05) is 29.4 Å². The topological polar surface area (TPSA) is 112 Å². The zero-order valence-electron chi connectivity index (χ0n) is 14.3. The van der Waals surface area contributed by atoms with E-state index in [0.717, 1.165) is 0 Å². The van der Waals surface area contributed by atoms with Crippen LogP contribution in [0, 0.1) is 13.8 Å². The molecule has 1 amide bonds. The third kappa shape index (κ3) is 3.70. The fourth-order valence-electron chi connectivity index (χ4n) is 2.46. The minimum absolute atomic E-state index is 0. The summed E-state index contributed by atoms with van der Waals surface area (Å²) < 4.78 is 1.51. The molecule has 3 aromatic heterocycles. The molecule has 0 aliphatic rings. The number of amides is 1. The first-order chi connectivity index (χ1) is 11.3. The Balaban J connectivity index is 0.00000225. The molecule has 0 saturated carbocycles. The second-order valence-corrected chi connectivity index (χ2v) is 5.37. The molecule has 3 rings (SSSR count). The molecule has 0 fully saturated rings. The Morgan fingerprint density at radius 2 is 1.88 bits per heavy atom. The molecule has 0 saturated heterocycles. The van der Waals surface area contributed by atoms with Crippen LogP contribution in [-0.2, 0) is 4.79 Å². The number of nitrogens with one attached hydrogen (secondary N) is 1. The van der Waals surface area contributed by atoms with Gasteiger partial charge in [-0.1, -0.05) is 0 Å². The zero-order valence-corrected chi connectivity index (χ0v) is 14.3. The summed E-state index contributed by atoms with van der Waals surface area (Å²) in [5.41, 5.74) is 2.78. The Kier molecular flexibility index (Phi) is 5.26. The number of hydrogen-bond donors (Lipinski definition) is 1. The summed E-state index contributed by atoms with van der Waals surface area (Å²) in [5.74, 6) is -1.12. The number of hydrogen-bond acceptors (Lipinski definition) is 6. The van der Waals surface area contributed by atoms with Gasteiger partial charge >= 0.3 is 18.9 Å². The first-order valence-electron chi connectivity index (χ1n) is 7.19. The van der Waals surface area contributed by atoms with Crippen LogP contribution in [0.3, 0.4) is 0 Å². The number of aromatic nitrogens is 4. The van der Waals surface area contributed by atoms with E-state index in [0.29, 0.717) is 34.1 Å². The minimum atomic E-state index is -1.28. The molecule has 0 atom stereocenters. The predicted molar refractivity (Wildman–Crippen MR) is 84.3 cm³/mol. The van der Waals surface area contributed by atoms with E-state index in [1.807, 2.05) is 0 Å². The van der Waals surface area contributed by atoms with Crippen LogP contribution in [0.2, 0.25) is 0 Å². The van der Waals surface area contributed by atoms with E-state index in [4.69, 9.17) is 0 Å². The summed E-state index contributed by atoms with van der Waals surface area (Å²) in [6.45, 7) is 4.80. The van der Waals surface area contributed by atoms with Gasteiger partial charge in [0.1, 0.15) is 0 Å². The van der Waals surface area contributed by atoms with Crippen molar-refractivity contribution in [2.24, 2.45) is 0 Å². The third-order valence-corrected chi connectivity index (χ3v) is 3.52. The molecule has 0 aliphatic heterocycles. The van der Waals surface area contributed by atoms with Crippen LogP contribution in [-0.4, -0.2) is 31.5 Å². The van der Waals surface area contributed by atoms with Gasteiger partial charge in [-0.2, -0.15) is 5.10 Å². The fourth-order valence-corrected chi connectivity index (χ4v) is 2.46. The Bertz CT molecular complexity index is 983. The molecule has 0 radical (unpaired) electrons. The van der Waals surface area contributed by atoms with Crippen molar-refractivity contribution in [1.29, 1.82) is 0 Å². The number of carbonyl (C=O) groups excluding carboxylic acids is 2. The maximum absolute atomic E-state index is 11.2. The summed E-state index contributed by atoms with van der Waals surface area (Å²) in [5, 5.41) is 18.2. The number of rotatable bonds is 3. The SMILES string of the molecule is CC(=O)Nc1cn2nc(-c3cc(C(=O)[O-])c(C)nc3C)ccc2n1.[Li+]. The zero-order chi connectivity index (χ0) is 17.4. The molecule has 0 unspecified atom stereocenters. The van der Waals surface area contributed by atoms with Gasteiger partial charge in [-0.15, -0.1) is 0 Å². The molecule has 25 heavy (non-hydrogen) atoms. The molecule has 3 aromatic rings. The standard InChI is InChI=1S/C16H15N5O3.Li/c1-8-11(6-12(16(23)24)9(2)17-8)13-4-5-15-19-14(18-10(3)22)7-21(15)20-13;/h4-7H,1-3H3,(H,18,22)(H,23,24);/q;+1/p-1. The molecule has 0 spiro atoms. The van der Waals surface area contributed by atoms with Crippen molar-refractivity contribution in [1.82, 2.24) is 19.6 Å². The number of carbonyl (C=O) groups is 2. The Hall–Kier alpha value is -2.69. The number of fused-ring (bicyclic) bond motifs is 1. The van der Waals surface area contributed by atoms with Crippen molar-refractivity contribution in [2.45, 2.75) is 20.8 Å². The third-order valence-electron chi connectivity index (χ3n) is 3.52. The smallest absolute Gasteiger partial charge is 0.545 e. The first kappa shape index (κ1) is 18.6. The van der Waals surface area contributed by atoms with Crippen molar-refractivity contribution in [3.05, 3.63) is 41.3 Å². The molecule has 1 N–H and O–H groups in total. The number of carboxylic acids is 1.